The Labute approximate surface area is 282 Å². The van der Waals surface area contributed by atoms with Crippen LogP contribution in [0.15, 0.2) is 151 Å². The second-order valence-corrected chi connectivity index (χ2v) is 9.39. The molecule has 0 unspecified atom stereocenters. The first-order valence-corrected chi connectivity index (χ1v) is 13.0. The topological polar surface area (TPSA) is 48.5 Å². The summed E-state index contributed by atoms with van der Waals surface area (Å²) in [6.07, 6.45) is -1.28. The minimum atomic E-state index is -0.824. The van der Waals surface area contributed by atoms with E-state index >= 15 is 0 Å². The van der Waals surface area contributed by atoms with E-state index in [1.54, 1.807) is 0 Å². The van der Waals surface area contributed by atoms with E-state index < -0.39 is 161 Å². The maximum absolute atomic E-state index is 9.68. The van der Waals surface area contributed by atoms with Crippen LogP contribution in [0, 0.1) is 0 Å². The average molecular weight is 585 g/mol. The maximum Gasteiger partial charge on any atom is 0.235 e. The van der Waals surface area contributed by atoms with Crippen molar-refractivity contribution in [2.45, 2.75) is 0 Å². The van der Waals surface area contributed by atoms with Crippen LogP contribution in [-0.4, -0.2) is 24.1 Å². The van der Waals surface area contributed by atoms with Gasteiger partial charge in [0.15, 0.2) is 0 Å². The number of rotatable bonds is 4. The number of benzene rings is 5. The van der Waals surface area contributed by atoms with E-state index in [1.807, 2.05) is 0 Å². The highest BCUT2D eigenvalue weighted by atomic mass is 15.2. The largest absolute Gasteiger partial charge is 0.308 e. The van der Waals surface area contributed by atoms with Gasteiger partial charge >= 0.3 is 0 Å². The number of pyridine rings is 1. The zero-order valence-corrected chi connectivity index (χ0v) is 22.0. The Morgan fingerprint density at radius 2 is 1.09 bits per heavy atom. The maximum atomic E-state index is 9.68. The predicted molar refractivity (Wildman–Crippen MR) is 179 cm³/mol. The van der Waals surface area contributed by atoms with E-state index in [2.05, 4.69) is 9.97 Å². The molecule has 5 nitrogen and oxygen atoms in total. The third-order valence-electron chi connectivity index (χ3n) is 7.03. The Hall–Kier alpha value is -6.07. The first-order valence-electron chi connectivity index (χ1n) is 23.5. The first-order chi connectivity index (χ1) is 30.6. The van der Waals surface area contributed by atoms with Gasteiger partial charge in [-0.3, -0.25) is 9.55 Å². The Kier molecular flexibility index (Phi) is 2.56. The lowest BCUT2D eigenvalue weighted by molar-refractivity contribution is 0.994. The van der Waals surface area contributed by atoms with Crippen LogP contribution in [0.4, 0.5) is 0 Å². The van der Waals surface area contributed by atoms with Gasteiger partial charge in [-0.2, -0.15) is 0 Å². The molecule has 9 rings (SSSR count). The summed E-state index contributed by atoms with van der Waals surface area (Å²) in [6, 6.07) is -8.17. The first kappa shape index (κ1) is 11.5. The van der Waals surface area contributed by atoms with Gasteiger partial charge in [-0.25, -0.2) is 9.97 Å². The van der Waals surface area contributed by atoms with Crippen molar-refractivity contribution in [2.24, 2.45) is 0 Å². The van der Waals surface area contributed by atoms with Crippen molar-refractivity contribution in [1.82, 2.24) is 24.1 Å². The molecule has 0 N–H and O–H groups in total. The highest BCUT2D eigenvalue weighted by Gasteiger charge is 2.20. The quantitative estimate of drug-likeness (QED) is 0.207. The zero-order valence-electron chi connectivity index (χ0n) is 43.0. The second-order valence-electron chi connectivity index (χ2n) is 9.39. The van der Waals surface area contributed by atoms with Gasteiger partial charge in [-0.15, -0.1) is 0 Å². The molecule has 4 heterocycles. The highest BCUT2D eigenvalue weighted by molar-refractivity contribution is 6.10. The third kappa shape index (κ3) is 3.69. The number of aromatic nitrogens is 5. The molecule has 0 saturated heterocycles. The average Bonchev–Trinajstić information content (AvgIpc) is 3.84. The summed E-state index contributed by atoms with van der Waals surface area (Å²) in [7, 11) is 0. The van der Waals surface area contributed by atoms with Crippen molar-refractivity contribution in [3.05, 3.63) is 151 Å². The molecular weight excluding hydrogens is 538 g/mol. The molecule has 206 valence electrons. The second kappa shape index (κ2) is 9.75. The van der Waals surface area contributed by atoms with Crippen molar-refractivity contribution in [1.29, 1.82) is 0 Å². The standard InChI is InChI=1S/C39H25N5/c1-2-12-26(13-3-1)32-24-33(42-39(41-32)44-35-19-9-4-14-27(35)28-15-5-10-20-36(28)44)30-17-7-11-21-37(30)43-34-18-8-6-16-29(34)31-25-40-23-22-38(31)43/h1-25H/i1D,2D,3D,4D,5D,6D,8D,9D,10D,12D,13D,14D,15D,16D,18D,19D,20D,22D,23D,24D,25D. The molecular formula is C39H25N5. The molecule has 4 aromatic heterocycles. The van der Waals surface area contributed by atoms with Crippen LogP contribution in [0.2, 0.25) is 0 Å². The molecule has 0 fully saturated rings. The fourth-order valence-corrected chi connectivity index (χ4v) is 5.23. The molecule has 0 bridgehead atoms. The molecule has 0 aliphatic heterocycles. The van der Waals surface area contributed by atoms with Gasteiger partial charge in [0.1, 0.15) is 0 Å². The van der Waals surface area contributed by atoms with Crippen molar-refractivity contribution in [3.63, 3.8) is 0 Å². The Morgan fingerprint density at radius 1 is 0.523 bits per heavy atom. The number of nitrogens with zero attached hydrogens (tertiary/aromatic N) is 5. The number of para-hydroxylation sites is 4. The van der Waals surface area contributed by atoms with E-state index in [9.17, 15) is 1.37 Å². The van der Waals surface area contributed by atoms with E-state index in [-0.39, 0.29) is 43.8 Å². The van der Waals surface area contributed by atoms with Crippen LogP contribution >= 0.6 is 0 Å². The Morgan fingerprint density at radius 3 is 1.82 bits per heavy atom. The van der Waals surface area contributed by atoms with Crippen molar-refractivity contribution in [3.8, 4) is 34.2 Å². The van der Waals surface area contributed by atoms with Crippen LogP contribution in [0.3, 0.4) is 0 Å². The summed E-state index contributed by atoms with van der Waals surface area (Å²) in [5, 5.41) is -1.17. The van der Waals surface area contributed by atoms with Gasteiger partial charge in [-0.1, -0.05) is 103 Å². The van der Waals surface area contributed by atoms with Gasteiger partial charge < -0.3 is 4.57 Å². The van der Waals surface area contributed by atoms with E-state index in [0.29, 0.717) is 0 Å². The summed E-state index contributed by atoms with van der Waals surface area (Å²) in [5.74, 6) is -0.668. The molecule has 0 amide bonds. The SMILES string of the molecule is [2H]c1nc([2H])c2c3c([2H])c([2H])c([2H])c([2H])c3n(-c3ccccc3-c3nc(-n4c5c([2H])c([2H])c([2H])c([2H])c5c5c([2H])c([2H])c([2H])c([2H])c54)nc(-c4c([2H])c([2H])c([2H])c([2H])c4[2H])c3[2H])c2c1[2H]. The van der Waals surface area contributed by atoms with E-state index in [0.717, 1.165) is 4.57 Å². The van der Waals surface area contributed by atoms with Crippen LogP contribution < -0.4 is 0 Å². The van der Waals surface area contributed by atoms with Gasteiger partial charge in [0, 0.05) is 45.0 Å². The number of fused-ring (bicyclic) bond motifs is 6. The molecule has 0 saturated carbocycles. The smallest absolute Gasteiger partial charge is 0.235 e. The normalized spacial score (nSPS) is 18.3. The molecule has 0 aliphatic carbocycles. The highest BCUT2D eigenvalue weighted by Crippen LogP contribution is 2.37. The van der Waals surface area contributed by atoms with E-state index in [4.69, 9.17) is 32.4 Å². The van der Waals surface area contributed by atoms with Crippen molar-refractivity contribution in [2.75, 3.05) is 0 Å². The lowest BCUT2D eigenvalue weighted by Crippen LogP contribution is -2.05. The summed E-state index contributed by atoms with van der Waals surface area (Å²) in [5.41, 5.74) is -3.37. The van der Waals surface area contributed by atoms with Gasteiger partial charge in [0.2, 0.25) is 5.95 Å². The fourth-order valence-electron chi connectivity index (χ4n) is 5.23. The molecule has 0 atom stereocenters. The molecule has 0 spiro atoms. The molecule has 5 aromatic carbocycles. The molecule has 0 radical (unpaired) electrons. The summed E-state index contributed by atoms with van der Waals surface area (Å²) in [6.45, 7) is 0. The molecule has 5 heteroatoms. The number of hydrogen-bond donors (Lipinski definition) is 0. The zero-order chi connectivity index (χ0) is 47.3. The summed E-state index contributed by atoms with van der Waals surface area (Å²) < 4.78 is 186. The monoisotopic (exact) mass is 584 g/mol. The van der Waals surface area contributed by atoms with Crippen molar-refractivity contribution < 1.29 is 28.8 Å². The summed E-state index contributed by atoms with van der Waals surface area (Å²) in [4.78, 5) is 13.1. The minimum Gasteiger partial charge on any atom is -0.308 e. The van der Waals surface area contributed by atoms with Crippen LogP contribution in [0.1, 0.15) is 28.8 Å². The minimum absolute atomic E-state index is 0.0905. The fraction of sp³-hybridized carbons (Fsp3) is 0. The van der Waals surface area contributed by atoms with Crippen LogP contribution in [0.25, 0.3) is 77.8 Å². The van der Waals surface area contributed by atoms with Crippen LogP contribution in [-0.2, 0) is 0 Å². The Bertz CT molecular complexity index is 3590. The Balaban J connectivity index is 1.54. The molecule has 0 aliphatic rings. The van der Waals surface area contributed by atoms with Crippen molar-refractivity contribution >= 4 is 43.6 Å². The summed E-state index contributed by atoms with van der Waals surface area (Å²) >= 11 is 0. The van der Waals surface area contributed by atoms with Gasteiger partial charge in [0.25, 0.3) is 0 Å². The lowest BCUT2D eigenvalue weighted by Gasteiger charge is -2.16. The number of hydrogen-bond acceptors (Lipinski definition) is 3. The molecule has 9 aromatic rings. The molecule has 44 heavy (non-hydrogen) atoms. The van der Waals surface area contributed by atoms with Crippen LogP contribution in [0.5, 0.6) is 0 Å². The third-order valence-corrected chi connectivity index (χ3v) is 7.03. The van der Waals surface area contributed by atoms with E-state index in [1.165, 1.54) is 28.8 Å². The van der Waals surface area contributed by atoms with Gasteiger partial charge in [0.05, 0.1) is 67.9 Å². The predicted octanol–water partition coefficient (Wildman–Crippen LogP) is 9.40. The lowest BCUT2D eigenvalue weighted by atomic mass is 10.1. The van der Waals surface area contributed by atoms with Gasteiger partial charge in [-0.05, 0) is 36.3 Å².